The predicted octanol–water partition coefficient (Wildman–Crippen LogP) is 0.459. The summed E-state index contributed by atoms with van der Waals surface area (Å²) in [6.45, 7) is 7.57. The van der Waals surface area contributed by atoms with E-state index in [-0.39, 0.29) is 0 Å². The van der Waals surface area contributed by atoms with E-state index in [9.17, 15) is 0 Å². The van der Waals surface area contributed by atoms with Crippen LogP contribution < -0.4 is 5.32 Å². The number of nitrogens with one attached hydrogen (secondary N) is 1. The molecular formula is C10H20N2O. The molecule has 2 aliphatic rings. The van der Waals surface area contributed by atoms with Gasteiger partial charge >= 0.3 is 0 Å². The van der Waals surface area contributed by atoms with E-state index in [1.54, 1.807) is 0 Å². The van der Waals surface area contributed by atoms with Crippen LogP contribution in [0.25, 0.3) is 0 Å². The fourth-order valence-electron chi connectivity index (χ4n) is 2.52. The number of hydrogen-bond acceptors (Lipinski definition) is 3. The average Bonchev–Trinajstić information content (AvgIpc) is 2.67. The Balaban J connectivity index is 1.90. The molecule has 2 rings (SSSR count). The summed E-state index contributed by atoms with van der Waals surface area (Å²) >= 11 is 0. The molecule has 76 valence electrons. The topological polar surface area (TPSA) is 24.5 Å². The van der Waals surface area contributed by atoms with Gasteiger partial charge in [-0.3, -0.25) is 4.90 Å². The van der Waals surface area contributed by atoms with Gasteiger partial charge in [-0.15, -0.1) is 0 Å². The highest BCUT2D eigenvalue weighted by atomic mass is 16.5. The van der Waals surface area contributed by atoms with Gasteiger partial charge in [-0.05, 0) is 19.4 Å². The number of nitrogens with zero attached hydrogens (tertiary/aromatic N) is 1. The lowest BCUT2D eigenvalue weighted by Crippen LogP contribution is -2.48. The summed E-state index contributed by atoms with van der Waals surface area (Å²) in [5.41, 5.74) is 0. The molecule has 3 nitrogen and oxygen atoms in total. The minimum Gasteiger partial charge on any atom is -0.379 e. The van der Waals surface area contributed by atoms with Gasteiger partial charge in [0, 0.05) is 25.2 Å². The normalized spacial score (nSPS) is 36.7. The summed E-state index contributed by atoms with van der Waals surface area (Å²) in [4.78, 5) is 2.59. The van der Waals surface area contributed by atoms with Crippen LogP contribution in [-0.4, -0.2) is 49.8 Å². The van der Waals surface area contributed by atoms with Crippen molar-refractivity contribution in [3.8, 4) is 0 Å². The molecule has 1 N–H and O–H groups in total. The number of ether oxygens (including phenoxy) is 1. The first kappa shape index (κ1) is 9.44. The Bertz CT molecular complexity index is 157. The fraction of sp³-hybridized carbons (Fsp3) is 1.00. The molecule has 0 saturated carbocycles. The molecule has 0 spiro atoms. The van der Waals surface area contributed by atoms with E-state index in [0.717, 1.165) is 38.4 Å². The third-order valence-corrected chi connectivity index (χ3v) is 3.27. The summed E-state index contributed by atoms with van der Waals surface area (Å²) < 4.78 is 5.37. The van der Waals surface area contributed by atoms with Gasteiger partial charge in [-0.25, -0.2) is 0 Å². The molecule has 2 fully saturated rings. The van der Waals surface area contributed by atoms with Crippen LogP contribution in [-0.2, 0) is 4.74 Å². The van der Waals surface area contributed by atoms with E-state index < -0.39 is 0 Å². The number of morpholine rings is 1. The van der Waals surface area contributed by atoms with Crippen LogP contribution in [0.1, 0.15) is 19.8 Å². The van der Waals surface area contributed by atoms with Crippen molar-refractivity contribution in [1.82, 2.24) is 10.2 Å². The van der Waals surface area contributed by atoms with Crippen LogP contribution in [0.15, 0.2) is 0 Å². The zero-order valence-electron chi connectivity index (χ0n) is 8.46. The van der Waals surface area contributed by atoms with Crippen LogP contribution in [0.4, 0.5) is 0 Å². The van der Waals surface area contributed by atoms with Crippen molar-refractivity contribution in [3.63, 3.8) is 0 Å². The van der Waals surface area contributed by atoms with Gasteiger partial charge < -0.3 is 10.1 Å². The van der Waals surface area contributed by atoms with Crippen LogP contribution in [0.3, 0.4) is 0 Å². The summed E-state index contributed by atoms with van der Waals surface area (Å²) in [7, 11) is 0. The minimum atomic E-state index is 0.720. The molecule has 0 aromatic heterocycles. The highest BCUT2D eigenvalue weighted by Crippen LogP contribution is 2.18. The molecule has 0 aromatic carbocycles. The van der Waals surface area contributed by atoms with Gasteiger partial charge in [0.25, 0.3) is 0 Å². The van der Waals surface area contributed by atoms with Gasteiger partial charge in [0.15, 0.2) is 0 Å². The number of hydrogen-bond donors (Lipinski definition) is 1. The number of rotatable bonds is 2. The fourth-order valence-corrected chi connectivity index (χ4v) is 2.52. The Morgan fingerprint density at radius 1 is 1.38 bits per heavy atom. The third-order valence-electron chi connectivity index (χ3n) is 3.27. The van der Waals surface area contributed by atoms with Crippen molar-refractivity contribution < 1.29 is 4.74 Å². The molecule has 2 saturated heterocycles. The van der Waals surface area contributed by atoms with Crippen molar-refractivity contribution in [2.24, 2.45) is 0 Å². The molecule has 0 bridgehead atoms. The first-order chi connectivity index (χ1) is 6.42. The van der Waals surface area contributed by atoms with Gasteiger partial charge in [-0.1, -0.05) is 6.92 Å². The highest BCUT2D eigenvalue weighted by molar-refractivity contribution is 4.90. The molecule has 2 aliphatic heterocycles. The molecule has 0 amide bonds. The van der Waals surface area contributed by atoms with Crippen molar-refractivity contribution in [1.29, 1.82) is 0 Å². The van der Waals surface area contributed by atoms with Gasteiger partial charge in [0.2, 0.25) is 0 Å². The Morgan fingerprint density at radius 2 is 2.15 bits per heavy atom. The predicted molar refractivity (Wildman–Crippen MR) is 52.9 cm³/mol. The van der Waals surface area contributed by atoms with Crippen molar-refractivity contribution in [2.75, 3.05) is 32.8 Å². The maximum absolute atomic E-state index is 5.37. The molecule has 3 heteroatoms. The van der Waals surface area contributed by atoms with Crippen molar-refractivity contribution >= 4 is 0 Å². The third kappa shape index (κ3) is 2.03. The van der Waals surface area contributed by atoms with E-state index in [1.165, 1.54) is 19.4 Å². The average molecular weight is 184 g/mol. The quantitative estimate of drug-likeness (QED) is 0.675. The van der Waals surface area contributed by atoms with E-state index in [4.69, 9.17) is 4.74 Å². The van der Waals surface area contributed by atoms with Crippen LogP contribution in [0.2, 0.25) is 0 Å². The monoisotopic (exact) mass is 184 g/mol. The second-order valence-electron chi connectivity index (χ2n) is 3.97. The second kappa shape index (κ2) is 4.40. The lowest BCUT2D eigenvalue weighted by atomic mass is 10.1. The highest BCUT2D eigenvalue weighted by Gasteiger charge is 2.30. The van der Waals surface area contributed by atoms with E-state index in [2.05, 4.69) is 17.1 Å². The standard InChI is InChI=1S/C10H20N2O/c1-2-9-10(3-4-11-9)12-5-7-13-8-6-12/h9-11H,2-8H2,1H3/t9-,10-/m1/s1. The Kier molecular flexibility index (Phi) is 3.19. The van der Waals surface area contributed by atoms with Gasteiger partial charge in [0.1, 0.15) is 0 Å². The Labute approximate surface area is 80.4 Å². The smallest absolute Gasteiger partial charge is 0.0594 e. The largest absolute Gasteiger partial charge is 0.379 e. The lowest BCUT2D eigenvalue weighted by molar-refractivity contribution is 0.0138. The maximum Gasteiger partial charge on any atom is 0.0594 e. The Hall–Kier alpha value is -0.120. The molecule has 13 heavy (non-hydrogen) atoms. The molecule has 0 radical (unpaired) electrons. The van der Waals surface area contributed by atoms with Crippen LogP contribution >= 0.6 is 0 Å². The molecular weight excluding hydrogens is 164 g/mol. The zero-order chi connectivity index (χ0) is 9.10. The minimum absolute atomic E-state index is 0.720. The SMILES string of the molecule is CC[C@H]1NCC[C@H]1N1CCOCC1. The summed E-state index contributed by atoms with van der Waals surface area (Å²) in [6, 6.07) is 1.49. The summed E-state index contributed by atoms with van der Waals surface area (Å²) in [6.07, 6.45) is 2.57. The molecule has 0 unspecified atom stereocenters. The molecule has 0 aliphatic carbocycles. The van der Waals surface area contributed by atoms with Gasteiger partial charge in [0.05, 0.1) is 13.2 Å². The molecule has 2 heterocycles. The van der Waals surface area contributed by atoms with Crippen LogP contribution in [0.5, 0.6) is 0 Å². The lowest BCUT2D eigenvalue weighted by Gasteiger charge is -2.34. The van der Waals surface area contributed by atoms with E-state index in [0.29, 0.717) is 0 Å². The van der Waals surface area contributed by atoms with E-state index >= 15 is 0 Å². The first-order valence-corrected chi connectivity index (χ1v) is 5.47. The van der Waals surface area contributed by atoms with E-state index in [1.807, 2.05) is 0 Å². The van der Waals surface area contributed by atoms with Crippen molar-refractivity contribution in [2.45, 2.75) is 31.8 Å². The van der Waals surface area contributed by atoms with Gasteiger partial charge in [-0.2, -0.15) is 0 Å². The van der Waals surface area contributed by atoms with Crippen molar-refractivity contribution in [3.05, 3.63) is 0 Å². The molecule has 0 aromatic rings. The molecule has 2 atom stereocenters. The first-order valence-electron chi connectivity index (χ1n) is 5.47. The second-order valence-corrected chi connectivity index (χ2v) is 3.97. The Morgan fingerprint density at radius 3 is 2.85 bits per heavy atom. The maximum atomic E-state index is 5.37. The zero-order valence-corrected chi connectivity index (χ0v) is 8.46. The summed E-state index contributed by atoms with van der Waals surface area (Å²) in [5.74, 6) is 0. The van der Waals surface area contributed by atoms with Crippen LogP contribution in [0, 0.1) is 0 Å². The summed E-state index contributed by atoms with van der Waals surface area (Å²) in [5, 5.41) is 3.57.